The molecule has 0 spiro atoms. The Bertz CT molecular complexity index is 538. The molecule has 0 saturated carbocycles. The monoisotopic (exact) mass is 285 g/mol. The van der Waals surface area contributed by atoms with Gasteiger partial charge in [0.05, 0.1) is 7.11 Å². The topological polar surface area (TPSA) is 46.6 Å². The minimum Gasteiger partial charge on any atom is -0.495 e. The summed E-state index contributed by atoms with van der Waals surface area (Å²) in [5, 5.41) is 0. The standard InChI is InChI=1S/C14H23NO3S/c1-6-7-8-15(4)19(16,17)13-10-11(2)9-12(3)14(13)18-5/h9-10H,6-8H2,1-5H3. The van der Waals surface area contributed by atoms with E-state index in [9.17, 15) is 8.42 Å². The van der Waals surface area contributed by atoms with Crippen molar-refractivity contribution in [3.05, 3.63) is 23.3 Å². The van der Waals surface area contributed by atoms with Crippen LogP contribution in [0.25, 0.3) is 0 Å². The van der Waals surface area contributed by atoms with Crippen molar-refractivity contribution in [2.45, 2.75) is 38.5 Å². The zero-order valence-electron chi connectivity index (χ0n) is 12.4. The lowest BCUT2D eigenvalue weighted by Gasteiger charge is -2.20. The SMILES string of the molecule is CCCCN(C)S(=O)(=O)c1cc(C)cc(C)c1OC. The third-order valence-corrected chi connectivity index (χ3v) is 4.97. The van der Waals surface area contributed by atoms with Crippen LogP contribution in [0.2, 0.25) is 0 Å². The number of aryl methyl sites for hydroxylation is 2. The maximum atomic E-state index is 12.6. The molecule has 1 aromatic rings. The first kappa shape index (κ1) is 16.0. The van der Waals surface area contributed by atoms with Gasteiger partial charge in [0.25, 0.3) is 0 Å². The summed E-state index contributed by atoms with van der Waals surface area (Å²) in [6, 6.07) is 3.59. The summed E-state index contributed by atoms with van der Waals surface area (Å²) in [6.07, 6.45) is 1.81. The van der Waals surface area contributed by atoms with Crippen molar-refractivity contribution < 1.29 is 13.2 Å². The summed E-state index contributed by atoms with van der Waals surface area (Å²) in [5.41, 5.74) is 1.76. The van der Waals surface area contributed by atoms with Crippen LogP contribution in [0.15, 0.2) is 17.0 Å². The molecule has 0 bridgehead atoms. The minimum absolute atomic E-state index is 0.256. The molecule has 0 aliphatic carbocycles. The Morgan fingerprint density at radius 3 is 2.42 bits per heavy atom. The number of benzene rings is 1. The Morgan fingerprint density at radius 1 is 1.26 bits per heavy atom. The van der Waals surface area contributed by atoms with E-state index in [1.807, 2.05) is 26.8 Å². The molecule has 0 fully saturated rings. The van der Waals surface area contributed by atoms with Gasteiger partial charge < -0.3 is 4.74 Å². The van der Waals surface area contributed by atoms with Gasteiger partial charge in [0, 0.05) is 13.6 Å². The average Bonchev–Trinajstić information content (AvgIpc) is 2.34. The highest BCUT2D eigenvalue weighted by molar-refractivity contribution is 7.89. The predicted octanol–water partition coefficient (Wildman–Crippen LogP) is 2.73. The maximum Gasteiger partial charge on any atom is 0.246 e. The molecule has 5 heteroatoms. The number of sulfonamides is 1. The zero-order chi connectivity index (χ0) is 14.6. The van der Waals surface area contributed by atoms with Crippen LogP contribution in [0.4, 0.5) is 0 Å². The van der Waals surface area contributed by atoms with Crippen LogP contribution in [-0.4, -0.2) is 33.4 Å². The van der Waals surface area contributed by atoms with Gasteiger partial charge in [-0.25, -0.2) is 12.7 Å². The fourth-order valence-corrected chi connectivity index (χ4v) is 3.56. The maximum absolute atomic E-state index is 12.6. The van der Waals surface area contributed by atoms with Crippen LogP contribution in [0, 0.1) is 13.8 Å². The summed E-state index contributed by atoms with van der Waals surface area (Å²) >= 11 is 0. The van der Waals surface area contributed by atoms with Crippen molar-refractivity contribution in [2.75, 3.05) is 20.7 Å². The third kappa shape index (κ3) is 3.48. The van der Waals surface area contributed by atoms with Gasteiger partial charge in [0.15, 0.2) is 0 Å². The largest absolute Gasteiger partial charge is 0.495 e. The Kier molecular flexibility index (Phi) is 5.38. The van der Waals surface area contributed by atoms with Crippen molar-refractivity contribution in [3.8, 4) is 5.75 Å². The fourth-order valence-electron chi connectivity index (χ4n) is 2.04. The van der Waals surface area contributed by atoms with Crippen molar-refractivity contribution in [2.24, 2.45) is 0 Å². The Balaban J connectivity index is 3.28. The molecule has 0 radical (unpaired) electrons. The molecule has 1 aromatic carbocycles. The van der Waals surface area contributed by atoms with E-state index in [4.69, 9.17) is 4.74 Å². The molecule has 0 atom stereocenters. The van der Waals surface area contributed by atoms with Gasteiger partial charge in [-0.2, -0.15) is 0 Å². The number of nitrogens with zero attached hydrogens (tertiary/aromatic N) is 1. The molecule has 108 valence electrons. The minimum atomic E-state index is -3.49. The van der Waals surface area contributed by atoms with Crippen LogP contribution >= 0.6 is 0 Å². The predicted molar refractivity (Wildman–Crippen MR) is 77.2 cm³/mol. The highest BCUT2D eigenvalue weighted by Crippen LogP contribution is 2.30. The van der Waals surface area contributed by atoms with E-state index in [-0.39, 0.29) is 4.90 Å². The molecular formula is C14H23NO3S. The van der Waals surface area contributed by atoms with Gasteiger partial charge in [-0.15, -0.1) is 0 Å². The first-order chi connectivity index (χ1) is 8.84. The number of hydrogen-bond donors (Lipinski definition) is 0. The lowest BCUT2D eigenvalue weighted by Crippen LogP contribution is -2.28. The number of methoxy groups -OCH3 is 1. The molecule has 4 nitrogen and oxygen atoms in total. The molecule has 0 aliphatic heterocycles. The van der Waals surface area contributed by atoms with Gasteiger partial charge >= 0.3 is 0 Å². The van der Waals surface area contributed by atoms with Crippen molar-refractivity contribution >= 4 is 10.0 Å². The van der Waals surface area contributed by atoms with E-state index in [0.29, 0.717) is 12.3 Å². The summed E-state index contributed by atoms with van der Waals surface area (Å²) in [6.45, 7) is 6.31. The van der Waals surface area contributed by atoms with E-state index < -0.39 is 10.0 Å². The number of rotatable bonds is 6. The first-order valence-corrected chi connectivity index (χ1v) is 7.90. The van der Waals surface area contributed by atoms with Gasteiger partial charge in [-0.05, 0) is 37.5 Å². The van der Waals surface area contributed by atoms with E-state index in [2.05, 4.69) is 0 Å². The van der Waals surface area contributed by atoms with E-state index in [1.165, 1.54) is 11.4 Å². The van der Waals surface area contributed by atoms with Gasteiger partial charge in [-0.3, -0.25) is 0 Å². The summed E-state index contributed by atoms with van der Waals surface area (Å²) in [5.74, 6) is 0.439. The Morgan fingerprint density at radius 2 is 1.89 bits per heavy atom. The first-order valence-electron chi connectivity index (χ1n) is 6.46. The Labute approximate surface area is 116 Å². The summed E-state index contributed by atoms with van der Waals surface area (Å²) in [4.78, 5) is 0.256. The smallest absolute Gasteiger partial charge is 0.246 e. The average molecular weight is 285 g/mol. The third-order valence-electron chi connectivity index (χ3n) is 3.10. The fraction of sp³-hybridized carbons (Fsp3) is 0.571. The molecule has 1 rings (SSSR count). The molecule has 0 aromatic heterocycles. The lowest BCUT2D eigenvalue weighted by molar-refractivity contribution is 0.394. The second kappa shape index (κ2) is 6.39. The number of unbranched alkanes of at least 4 members (excludes halogenated alkanes) is 1. The van der Waals surface area contributed by atoms with Crippen molar-refractivity contribution in [1.29, 1.82) is 0 Å². The number of hydrogen-bond acceptors (Lipinski definition) is 3. The second-order valence-electron chi connectivity index (χ2n) is 4.79. The van der Waals surface area contributed by atoms with Crippen LogP contribution < -0.4 is 4.74 Å². The number of ether oxygens (including phenoxy) is 1. The molecule has 0 saturated heterocycles. The van der Waals surface area contributed by atoms with Gasteiger partial charge in [0.1, 0.15) is 10.6 Å². The van der Waals surface area contributed by atoms with Crippen molar-refractivity contribution in [3.63, 3.8) is 0 Å². The van der Waals surface area contributed by atoms with Gasteiger partial charge in [-0.1, -0.05) is 19.4 Å². The van der Waals surface area contributed by atoms with Crippen LogP contribution in [-0.2, 0) is 10.0 Å². The molecule has 0 N–H and O–H groups in total. The summed E-state index contributed by atoms with van der Waals surface area (Å²) in [7, 11) is -0.375. The second-order valence-corrected chi connectivity index (χ2v) is 6.81. The zero-order valence-corrected chi connectivity index (χ0v) is 13.2. The van der Waals surface area contributed by atoms with Gasteiger partial charge in [0.2, 0.25) is 10.0 Å². The molecule has 19 heavy (non-hydrogen) atoms. The molecule has 0 amide bonds. The molecular weight excluding hydrogens is 262 g/mol. The van der Waals surface area contributed by atoms with Crippen LogP contribution in [0.1, 0.15) is 30.9 Å². The van der Waals surface area contributed by atoms with E-state index in [0.717, 1.165) is 24.0 Å². The van der Waals surface area contributed by atoms with Crippen LogP contribution in [0.3, 0.4) is 0 Å². The normalized spacial score (nSPS) is 11.9. The van der Waals surface area contributed by atoms with E-state index in [1.54, 1.807) is 13.1 Å². The van der Waals surface area contributed by atoms with E-state index >= 15 is 0 Å². The van der Waals surface area contributed by atoms with Crippen molar-refractivity contribution in [1.82, 2.24) is 4.31 Å². The Hall–Kier alpha value is -1.07. The summed E-state index contributed by atoms with van der Waals surface area (Å²) < 4.78 is 31.8. The highest BCUT2D eigenvalue weighted by Gasteiger charge is 2.25. The molecule has 0 heterocycles. The van der Waals surface area contributed by atoms with Crippen LogP contribution in [0.5, 0.6) is 5.75 Å². The highest BCUT2D eigenvalue weighted by atomic mass is 32.2. The quantitative estimate of drug-likeness (QED) is 0.807. The molecule has 0 aliphatic rings. The molecule has 0 unspecified atom stereocenters. The lowest BCUT2D eigenvalue weighted by atomic mass is 10.1.